The van der Waals surface area contributed by atoms with E-state index in [9.17, 15) is 10.2 Å². The number of aliphatic hydroxyl groups excluding tert-OH is 1. The Labute approximate surface area is 207 Å². The van der Waals surface area contributed by atoms with Crippen molar-refractivity contribution in [3.8, 4) is 0 Å². The molecular formula is C31H47NO2. The Bertz CT molecular complexity index is 898. The van der Waals surface area contributed by atoms with Gasteiger partial charge < -0.3 is 10.2 Å². The van der Waals surface area contributed by atoms with Crippen LogP contribution in [-0.2, 0) is 0 Å². The van der Waals surface area contributed by atoms with Crippen LogP contribution in [0.5, 0.6) is 0 Å². The van der Waals surface area contributed by atoms with E-state index < -0.39 is 11.7 Å². The summed E-state index contributed by atoms with van der Waals surface area (Å²) in [4.78, 5) is 4.36. The zero-order valence-corrected chi connectivity index (χ0v) is 22.0. The average Bonchev–Trinajstić information content (AvgIpc) is 3.20. The third-order valence-electron chi connectivity index (χ3n) is 11.6. The van der Waals surface area contributed by atoms with E-state index in [1.54, 1.807) is 11.8 Å². The molecule has 0 bridgehead atoms. The summed E-state index contributed by atoms with van der Waals surface area (Å²) in [5.74, 6) is 3.86. The van der Waals surface area contributed by atoms with Crippen molar-refractivity contribution in [2.45, 2.75) is 110 Å². The predicted octanol–water partition coefficient (Wildman–Crippen LogP) is 7.25. The zero-order chi connectivity index (χ0) is 24.1. The molecule has 1 aromatic rings. The van der Waals surface area contributed by atoms with Crippen molar-refractivity contribution in [3.63, 3.8) is 0 Å². The molecule has 4 aliphatic rings. The van der Waals surface area contributed by atoms with Crippen molar-refractivity contribution in [2.75, 3.05) is 0 Å². The monoisotopic (exact) mass is 465 g/mol. The largest absolute Gasteiger partial charge is 0.390 e. The van der Waals surface area contributed by atoms with E-state index in [-0.39, 0.29) is 0 Å². The lowest BCUT2D eigenvalue weighted by molar-refractivity contribution is -0.0757. The lowest BCUT2D eigenvalue weighted by Gasteiger charge is -2.59. The Kier molecular flexibility index (Phi) is 6.51. The summed E-state index contributed by atoms with van der Waals surface area (Å²) in [6.07, 6.45) is 16.4. The van der Waals surface area contributed by atoms with Crippen LogP contribution in [0.25, 0.3) is 0 Å². The maximum atomic E-state index is 11.0. The molecule has 0 radical (unpaired) electrons. The van der Waals surface area contributed by atoms with Crippen molar-refractivity contribution >= 4 is 0 Å². The van der Waals surface area contributed by atoms with Crippen LogP contribution in [0.4, 0.5) is 0 Å². The Morgan fingerprint density at radius 1 is 1.06 bits per heavy atom. The Morgan fingerprint density at radius 2 is 1.88 bits per heavy atom. The van der Waals surface area contributed by atoms with E-state index in [1.165, 1.54) is 38.5 Å². The van der Waals surface area contributed by atoms with Gasteiger partial charge in [-0.3, -0.25) is 4.98 Å². The first-order chi connectivity index (χ1) is 16.2. The standard InChI is InChI=1S/C31H47NO2/c1-5-31(34)18-17-29(3)22(20-31)10-11-23-25-13-12-24(30(25,4)16-15-26(23)29)21(2)9-14-28(33)27-8-6-7-19-32-27/h6-8,10,19,21,23-26,28,33-34H,5,9,11-18,20H2,1-4H3/t21-,23+,24-,25+,26+,28-,29+,30-,31+/m1/s1. The maximum absolute atomic E-state index is 11.0. The van der Waals surface area contributed by atoms with Gasteiger partial charge in [0.15, 0.2) is 0 Å². The molecular weight excluding hydrogens is 418 g/mol. The van der Waals surface area contributed by atoms with E-state index in [1.807, 2.05) is 18.2 Å². The van der Waals surface area contributed by atoms with Gasteiger partial charge in [-0.1, -0.05) is 45.4 Å². The van der Waals surface area contributed by atoms with Crippen LogP contribution in [-0.4, -0.2) is 20.8 Å². The summed E-state index contributed by atoms with van der Waals surface area (Å²) in [7, 11) is 0. The third-order valence-corrected chi connectivity index (χ3v) is 11.6. The highest BCUT2D eigenvalue weighted by atomic mass is 16.3. The molecule has 0 aliphatic heterocycles. The fourth-order valence-corrected chi connectivity index (χ4v) is 9.33. The average molecular weight is 466 g/mol. The lowest BCUT2D eigenvalue weighted by Crippen LogP contribution is -2.52. The van der Waals surface area contributed by atoms with Crippen LogP contribution in [0.1, 0.15) is 110 Å². The van der Waals surface area contributed by atoms with Gasteiger partial charge in [-0.15, -0.1) is 0 Å². The molecule has 188 valence electrons. The normalized spacial score (nSPS) is 43.3. The molecule has 0 unspecified atom stereocenters. The predicted molar refractivity (Wildman–Crippen MR) is 138 cm³/mol. The number of fused-ring (bicyclic) bond motifs is 5. The van der Waals surface area contributed by atoms with Crippen molar-refractivity contribution in [3.05, 3.63) is 41.7 Å². The second-order valence-corrected chi connectivity index (χ2v) is 13.1. The molecule has 3 nitrogen and oxygen atoms in total. The molecule has 2 N–H and O–H groups in total. The molecule has 0 saturated heterocycles. The van der Waals surface area contributed by atoms with Gasteiger partial charge in [0.1, 0.15) is 0 Å². The van der Waals surface area contributed by atoms with Gasteiger partial charge in [0, 0.05) is 6.20 Å². The molecule has 34 heavy (non-hydrogen) atoms. The van der Waals surface area contributed by atoms with Crippen LogP contribution in [0, 0.1) is 40.4 Å². The van der Waals surface area contributed by atoms with Crippen LogP contribution >= 0.6 is 0 Å². The topological polar surface area (TPSA) is 53.4 Å². The molecule has 3 heteroatoms. The minimum absolute atomic E-state index is 0.308. The molecule has 5 rings (SSSR count). The van der Waals surface area contributed by atoms with Crippen LogP contribution in [0.15, 0.2) is 36.0 Å². The number of nitrogens with zero attached hydrogens (tertiary/aromatic N) is 1. The van der Waals surface area contributed by atoms with E-state index in [2.05, 4.69) is 38.8 Å². The number of rotatable bonds is 6. The highest BCUT2D eigenvalue weighted by Gasteiger charge is 2.59. The summed E-state index contributed by atoms with van der Waals surface area (Å²) < 4.78 is 0. The fraction of sp³-hybridized carbons (Fsp3) is 0.774. The number of pyridine rings is 1. The first kappa shape index (κ1) is 24.5. The molecule has 0 spiro atoms. The fourth-order valence-electron chi connectivity index (χ4n) is 9.33. The number of allylic oxidation sites excluding steroid dienone is 1. The van der Waals surface area contributed by atoms with E-state index in [0.717, 1.165) is 61.5 Å². The number of aromatic nitrogens is 1. The van der Waals surface area contributed by atoms with Crippen LogP contribution in [0.2, 0.25) is 0 Å². The SMILES string of the molecule is CC[C@]1(O)CC[C@@]2(C)C(=CC[C@H]3[C@@H]4CC[C@H]([C@H](C)CC[C@@H](O)c5ccccn5)[C@@]4(C)CC[C@@H]32)C1. The highest BCUT2D eigenvalue weighted by molar-refractivity contribution is 5.27. The maximum Gasteiger partial charge on any atom is 0.0959 e. The summed E-state index contributed by atoms with van der Waals surface area (Å²) in [6, 6.07) is 5.83. The highest BCUT2D eigenvalue weighted by Crippen LogP contribution is 2.67. The molecule has 1 aromatic heterocycles. The van der Waals surface area contributed by atoms with Crippen molar-refractivity contribution in [1.82, 2.24) is 4.98 Å². The van der Waals surface area contributed by atoms with Gasteiger partial charge in [-0.25, -0.2) is 0 Å². The van der Waals surface area contributed by atoms with Crippen LogP contribution < -0.4 is 0 Å². The summed E-state index contributed by atoms with van der Waals surface area (Å²) >= 11 is 0. The van der Waals surface area contributed by atoms with Gasteiger partial charge >= 0.3 is 0 Å². The molecule has 3 saturated carbocycles. The second-order valence-electron chi connectivity index (χ2n) is 13.1. The smallest absolute Gasteiger partial charge is 0.0959 e. The zero-order valence-electron chi connectivity index (χ0n) is 22.0. The van der Waals surface area contributed by atoms with Gasteiger partial charge in [-0.05, 0) is 123 Å². The Hall–Kier alpha value is -1.19. The second kappa shape index (κ2) is 9.04. The molecule has 4 aliphatic carbocycles. The van der Waals surface area contributed by atoms with E-state index >= 15 is 0 Å². The number of hydrogen-bond donors (Lipinski definition) is 2. The quantitative estimate of drug-likeness (QED) is 0.435. The van der Waals surface area contributed by atoms with Gasteiger partial charge in [-0.2, -0.15) is 0 Å². The van der Waals surface area contributed by atoms with Crippen molar-refractivity contribution < 1.29 is 10.2 Å². The Balaban J connectivity index is 1.28. The lowest BCUT2D eigenvalue weighted by atomic mass is 9.46. The van der Waals surface area contributed by atoms with Crippen LogP contribution in [0.3, 0.4) is 0 Å². The first-order valence-corrected chi connectivity index (χ1v) is 14.2. The molecule has 1 heterocycles. The third kappa shape index (κ3) is 3.99. The minimum Gasteiger partial charge on any atom is -0.390 e. The van der Waals surface area contributed by atoms with Gasteiger partial charge in [0.05, 0.1) is 17.4 Å². The minimum atomic E-state index is -0.463. The van der Waals surface area contributed by atoms with E-state index in [4.69, 9.17) is 0 Å². The molecule has 9 atom stereocenters. The van der Waals surface area contributed by atoms with Gasteiger partial charge in [0.25, 0.3) is 0 Å². The van der Waals surface area contributed by atoms with E-state index in [0.29, 0.717) is 16.7 Å². The summed E-state index contributed by atoms with van der Waals surface area (Å²) in [5, 5.41) is 21.7. The van der Waals surface area contributed by atoms with Gasteiger partial charge in [0.2, 0.25) is 0 Å². The number of aliphatic hydroxyl groups is 2. The molecule has 3 fully saturated rings. The van der Waals surface area contributed by atoms with Crippen molar-refractivity contribution in [1.29, 1.82) is 0 Å². The Morgan fingerprint density at radius 3 is 2.62 bits per heavy atom. The summed E-state index contributed by atoms with van der Waals surface area (Å²) in [5.41, 5.74) is 2.68. The first-order valence-electron chi connectivity index (χ1n) is 14.2. The number of hydrogen-bond acceptors (Lipinski definition) is 3. The summed E-state index contributed by atoms with van der Waals surface area (Å²) in [6.45, 7) is 9.76. The van der Waals surface area contributed by atoms with Crippen molar-refractivity contribution in [2.24, 2.45) is 40.4 Å². The molecule has 0 aromatic carbocycles. The molecule has 0 amide bonds.